The second-order valence-corrected chi connectivity index (χ2v) is 4.01. The molecule has 100 valence electrons. The van der Waals surface area contributed by atoms with E-state index in [1.54, 1.807) is 10.6 Å². The van der Waals surface area contributed by atoms with Gasteiger partial charge in [0.05, 0.1) is 0 Å². The number of carbonyl (C=O) groups excluding carboxylic acids is 1. The van der Waals surface area contributed by atoms with Crippen LogP contribution in [0.3, 0.4) is 0 Å². The highest BCUT2D eigenvalue weighted by atomic mass is 16.2. The zero-order chi connectivity index (χ0) is 13.8. The van der Waals surface area contributed by atoms with Gasteiger partial charge in [-0.2, -0.15) is 5.10 Å². The number of amides is 1. The molecule has 8 heteroatoms. The molecule has 1 N–H and O–H groups in total. The van der Waals surface area contributed by atoms with E-state index in [2.05, 4.69) is 25.4 Å². The molecule has 0 spiro atoms. The van der Waals surface area contributed by atoms with E-state index in [1.807, 2.05) is 24.5 Å². The van der Waals surface area contributed by atoms with E-state index in [0.717, 1.165) is 0 Å². The van der Waals surface area contributed by atoms with Crippen molar-refractivity contribution in [3.63, 3.8) is 0 Å². The standard InChI is InChI=1S/C12H11N7O/c20-12(6-18-3-1-2-4-18)17-10-5-11(15-8-14-10)19-9-13-7-16-19/h1-5,7-9H,6H2,(H,14,15,17,20). The lowest BCUT2D eigenvalue weighted by Gasteiger charge is -2.06. The lowest BCUT2D eigenvalue weighted by atomic mass is 10.5. The van der Waals surface area contributed by atoms with Gasteiger partial charge in [0.15, 0.2) is 5.82 Å². The van der Waals surface area contributed by atoms with Crippen molar-refractivity contribution in [1.82, 2.24) is 29.3 Å². The Labute approximate surface area is 114 Å². The summed E-state index contributed by atoms with van der Waals surface area (Å²) in [5.41, 5.74) is 0. The molecule has 8 nitrogen and oxygen atoms in total. The Hall–Kier alpha value is -3.03. The van der Waals surface area contributed by atoms with Crippen molar-refractivity contribution >= 4 is 11.7 Å². The highest BCUT2D eigenvalue weighted by Gasteiger charge is 2.06. The highest BCUT2D eigenvalue weighted by Crippen LogP contribution is 2.07. The van der Waals surface area contributed by atoms with Crippen LogP contribution in [0.2, 0.25) is 0 Å². The van der Waals surface area contributed by atoms with E-state index < -0.39 is 0 Å². The number of nitrogens with zero attached hydrogens (tertiary/aromatic N) is 6. The summed E-state index contributed by atoms with van der Waals surface area (Å²) in [5.74, 6) is 0.792. The van der Waals surface area contributed by atoms with E-state index in [0.29, 0.717) is 11.6 Å². The summed E-state index contributed by atoms with van der Waals surface area (Å²) in [7, 11) is 0. The van der Waals surface area contributed by atoms with E-state index in [4.69, 9.17) is 0 Å². The van der Waals surface area contributed by atoms with Gasteiger partial charge in [-0.25, -0.2) is 19.6 Å². The fraction of sp³-hybridized carbons (Fsp3) is 0.0833. The van der Waals surface area contributed by atoms with Crippen LogP contribution in [0.25, 0.3) is 5.82 Å². The summed E-state index contributed by atoms with van der Waals surface area (Å²) in [5, 5.41) is 6.68. The SMILES string of the molecule is O=C(Cn1cccc1)Nc1cc(-n2cncn2)ncn1. The lowest BCUT2D eigenvalue weighted by molar-refractivity contribution is -0.116. The average Bonchev–Trinajstić information content (AvgIpc) is 3.11. The van der Waals surface area contributed by atoms with Crippen LogP contribution in [-0.4, -0.2) is 35.2 Å². The molecule has 3 heterocycles. The maximum absolute atomic E-state index is 11.9. The number of anilines is 1. The van der Waals surface area contributed by atoms with Crippen LogP contribution in [0.4, 0.5) is 5.82 Å². The Morgan fingerprint density at radius 1 is 1.20 bits per heavy atom. The van der Waals surface area contributed by atoms with E-state index in [1.165, 1.54) is 23.7 Å². The van der Waals surface area contributed by atoms with Gasteiger partial charge in [-0.15, -0.1) is 0 Å². The van der Waals surface area contributed by atoms with Crippen LogP contribution in [0, 0.1) is 0 Å². The molecule has 3 aromatic rings. The lowest BCUT2D eigenvalue weighted by Crippen LogP contribution is -2.18. The van der Waals surface area contributed by atoms with E-state index >= 15 is 0 Å². The minimum Gasteiger partial charge on any atom is -0.345 e. The van der Waals surface area contributed by atoms with Crippen LogP contribution >= 0.6 is 0 Å². The molecule has 0 saturated carbocycles. The molecule has 0 fully saturated rings. The van der Waals surface area contributed by atoms with E-state index in [9.17, 15) is 4.79 Å². The third-order valence-electron chi connectivity index (χ3n) is 2.57. The molecule has 3 rings (SSSR count). The van der Waals surface area contributed by atoms with Crippen molar-refractivity contribution in [1.29, 1.82) is 0 Å². The minimum atomic E-state index is -0.163. The summed E-state index contributed by atoms with van der Waals surface area (Å²) in [6.07, 6.45) is 7.93. The van der Waals surface area contributed by atoms with Crippen molar-refractivity contribution in [2.45, 2.75) is 6.54 Å². The fourth-order valence-corrected chi connectivity index (χ4v) is 1.69. The molecule has 0 bridgehead atoms. The average molecular weight is 269 g/mol. The van der Waals surface area contributed by atoms with Crippen LogP contribution in [0.1, 0.15) is 0 Å². The third kappa shape index (κ3) is 2.69. The van der Waals surface area contributed by atoms with Gasteiger partial charge in [-0.1, -0.05) is 0 Å². The molecule has 1 amide bonds. The van der Waals surface area contributed by atoms with Gasteiger partial charge in [0.2, 0.25) is 5.91 Å². The number of hydrogen-bond acceptors (Lipinski definition) is 5. The first-order valence-electron chi connectivity index (χ1n) is 5.89. The fourth-order valence-electron chi connectivity index (χ4n) is 1.69. The molecule has 0 radical (unpaired) electrons. The summed E-state index contributed by atoms with van der Waals surface area (Å²) in [4.78, 5) is 23.8. The largest absolute Gasteiger partial charge is 0.345 e. The normalized spacial score (nSPS) is 10.4. The van der Waals surface area contributed by atoms with Gasteiger partial charge in [0.1, 0.15) is 31.3 Å². The Bertz CT molecular complexity index is 690. The van der Waals surface area contributed by atoms with Gasteiger partial charge < -0.3 is 9.88 Å². The smallest absolute Gasteiger partial charge is 0.245 e. The first kappa shape index (κ1) is 12.0. The zero-order valence-corrected chi connectivity index (χ0v) is 10.4. The summed E-state index contributed by atoms with van der Waals surface area (Å²) < 4.78 is 3.26. The minimum absolute atomic E-state index is 0.163. The first-order valence-corrected chi connectivity index (χ1v) is 5.89. The molecule has 20 heavy (non-hydrogen) atoms. The van der Waals surface area contributed by atoms with Gasteiger partial charge in [0, 0.05) is 18.5 Å². The van der Waals surface area contributed by atoms with E-state index in [-0.39, 0.29) is 12.5 Å². The highest BCUT2D eigenvalue weighted by molar-refractivity contribution is 5.89. The van der Waals surface area contributed by atoms with Gasteiger partial charge >= 0.3 is 0 Å². The predicted molar refractivity (Wildman–Crippen MR) is 70.0 cm³/mol. The van der Waals surface area contributed by atoms with Crippen molar-refractivity contribution in [3.05, 3.63) is 49.6 Å². The molecule has 3 aromatic heterocycles. The van der Waals surface area contributed by atoms with Gasteiger partial charge in [-0.05, 0) is 12.1 Å². The Morgan fingerprint density at radius 3 is 2.80 bits per heavy atom. The molecule has 0 unspecified atom stereocenters. The van der Waals surface area contributed by atoms with Gasteiger partial charge in [-0.3, -0.25) is 4.79 Å². The van der Waals surface area contributed by atoms with Crippen molar-refractivity contribution < 1.29 is 4.79 Å². The van der Waals surface area contributed by atoms with Crippen LogP contribution in [-0.2, 0) is 11.3 Å². The van der Waals surface area contributed by atoms with Crippen LogP contribution in [0.15, 0.2) is 49.6 Å². The Morgan fingerprint density at radius 2 is 2.05 bits per heavy atom. The molecule has 0 aliphatic heterocycles. The zero-order valence-electron chi connectivity index (χ0n) is 10.4. The molecular weight excluding hydrogens is 258 g/mol. The number of carbonyl (C=O) groups is 1. The van der Waals surface area contributed by atoms with Crippen molar-refractivity contribution in [3.8, 4) is 5.82 Å². The molecular formula is C12H11N7O. The third-order valence-corrected chi connectivity index (χ3v) is 2.57. The number of aromatic nitrogens is 6. The van der Waals surface area contributed by atoms with Crippen molar-refractivity contribution in [2.24, 2.45) is 0 Å². The maximum Gasteiger partial charge on any atom is 0.245 e. The number of nitrogens with one attached hydrogen (secondary N) is 1. The molecule has 0 atom stereocenters. The second kappa shape index (κ2) is 5.31. The van der Waals surface area contributed by atoms with Gasteiger partial charge in [0.25, 0.3) is 0 Å². The monoisotopic (exact) mass is 269 g/mol. The predicted octanol–water partition coefficient (Wildman–Crippen LogP) is 0.497. The van der Waals surface area contributed by atoms with Crippen molar-refractivity contribution in [2.75, 3.05) is 5.32 Å². The van der Waals surface area contributed by atoms with Crippen LogP contribution in [0.5, 0.6) is 0 Å². The first-order chi connectivity index (χ1) is 9.81. The topological polar surface area (TPSA) is 90.5 Å². The molecule has 0 aromatic carbocycles. The molecule has 0 aliphatic rings. The summed E-state index contributed by atoms with van der Waals surface area (Å²) >= 11 is 0. The number of hydrogen-bond donors (Lipinski definition) is 1. The Balaban J connectivity index is 1.71. The maximum atomic E-state index is 11.9. The Kier molecular flexibility index (Phi) is 3.19. The second-order valence-electron chi connectivity index (χ2n) is 4.01. The number of rotatable bonds is 4. The van der Waals surface area contributed by atoms with Crippen LogP contribution < -0.4 is 5.32 Å². The summed E-state index contributed by atoms with van der Waals surface area (Å²) in [6, 6.07) is 5.35. The molecule has 0 aliphatic carbocycles. The molecule has 0 saturated heterocycles. The quantitative estimate of drug-likeness (QED) is 0.744. The summed E-state index contributed by atoms with van der Waals surface area (Å²) in [6.45, 7) is 0.232.